The van der Waals surface area contributed by atoms with Crippen molar-refractivity contribution in [2.75, 3.05) is 0 Å². The van der Waals surface area contributed by atoms with Crippen molar-refractivity contribution >= 4 is 28.6 Å². The van der Waals surface area contributed by atoms with Crippen LogP contribution in [-0.4, -0.2) is 31.0 Å². The Labute approximate surface area is 171 Å². The van der Waals surface area contributed by atoms with Gasteiger partial charge in [0.25, 0.3) is 0 Å². The van der Waals surface area contributed by atoms with Gasteiger partial charge in [-0.2, -0.15) is 0 Å². The third kappa shape index (κ3) is 3.17. The molecule has 0 unspecified atom stereocenters. The number of halogens is 2. The van der Waals surface area contributed by atoms with Crippen LogP contribution in [-0.2, 0) is 11.2 Å². The van der Waals surface area contributed by atoms with Gasteiger partial charge in [-0.05, 0) is 55.9 Å². The lowest BCUT2D eigenvalue weighted by molar-refractivity contribution is -0.152. The number of hydrogen-bond acceptors (Lipinski definition) is 4. The lowest BCUT2D eigenvalue weighted by Gasteiger charge is -2.46. The Balaban J connectivity index is 1.51. The van der Waals surface area contributed by atoms with E-state index >= 15 is 0 Å². The predicted octanol–water partition coefficient (Wildman–Crippen LogP) is 4.49. The molecule has 2 bridgehead atoms. The third-order valence-electron chi connectivity index (χ3n) is 6.66. The number of pyridine rings is 1. The van der Waals surface area contributed by atoms with Gasteiger partial charge in [-0.25, -0.2) is 19.3 Å². The molecule has 0 amide bonds. The molecule has 3 aliphatic carbocycles. The summed E-state index contributed by atoms with van der Waals surface area (Å²) in [5, 5.41) is 11.0. The number of aliphatic carboxylic acids is 1. The summed E-state index contributed by atoms with van der Waals surface area (Å²) in [6.07, 6.45) is 8.72. The summed E-state index contributed by atoms with van der Waals surface area (Å²) in [5.74, 6) is -0.882. The molecule has 0 radical (unpaired) electrons. The number of aromatic amines is 1. The Kier molecular flexibility index (Phi) is 4.50. The van der Waals surface area contributed by atoms with E-state index in [4.69, 9.17) is 11.6 Å². The molecule has 0 saturated heterocycles. The minimum Gasteiger partial charge on any atom is -0.481 e. The third-order valence-corrected chi connectivity index (χ3v) is 6.87. The summed E-state index contributed by atoms with van der Waals surface area (Å²) in [4.78, 5) is 27.9. The molecule has 29 heavy (non-hydrogen) atoms. The van der Waals surface area contributed by atoms with Crippen LogP contribution < -0.4 is 0 Å². The SMILES string of the molecule is O=C(O)[C@H]1C2CCC(CC2)[C@@H]1Cc1nc(-c2c[nH]c3ncc(Cl)cc23)ncc1F. The van der Waals surface area contributed by atoms with Crippen LogP contribution in [0.4, 0.5) is 4.39 Å². The van der Waals surface area contributed by atoms with E-state index in [1.54, 1.807) is 18.5 Å². The molecule has 2 N–H and O–H groups in total. The largest absolute Gasteiger partial charge is 0.481 e. The molecule has 0 aliphatic heterocycles. The Morgan fingerprint density at radius 1 is 1.21 bits per heavy atom. The lowest BCUT2D eigenvalue weighted by atomic mass is 9.57. The number of carboxylic acids is 1. The normalized spacial score (nSPS) is 26.1. The summed E-state index contributed by atoms with van der Waals surface area (Å²) in [6, 6.07) is 1.77. The molecule has 150 valence electrons. The molecule has 6 nitrogen and oxygen atoms in total. The number of rotatable bonds is 4. The fourth-order valence-electron chi connectivity index (χ4n) is 5.31. The molecule has 0 aromatic carbocycles. The first-order chi connectivity index (χ1) is 14.0. The fraction of sp³-hybridized carbons (Fsp3) is 0.429. The van der Waals surface area contributed by atoms with Gasteiger partial charge in [-0.15, -0.1) is 0 Å². The Morgan fingerprint density at radius 2 is 1.97 bits per heavy atom. The fourth-order valence-corrected chi connectivity index (χ4v) is 5.47. The Morgan fingerprint density at radius 3 is 2.72 bits per heavy atom. The summed E-state index contributed by atoms with van der Waals surface area (Å²) in [7, 11) is 0. The van der Waals surface area contributed by atoms with Gasteiger partial charge in [-0.1, -0.05) is 11.6 Å². The second kappa shape index (κ2) is 7.06. The number of fused-ring (bicyclic) bond motifs is 4. The quantitative estimate of drug-likeness (QED) is 0.656. The van der Waals surface area contributed by atoms with Crippen molar-refractivity contribution in [1.29, 1.82) is 0 Å². The van der Waals surface area contributed by atoms with E-state index in [-0.39, 0.29) is 17.5 Å². The number of hydrogen-bond donors (Lipinski definition) is 2. The average molecular weight is 415 g/mol. The molecule has 3 aliphatic rings. The van der Waals surface area contributed by atoms with Gasteiger partial charge >= 0.3 is 5.97 Å². The number of nitrogens with one attached hydrogen (secondary N) is 1. The molecule has 3 aromatic rings. The summed E-state index contributed by atoms with van der Waals surface area (Å²) >= 11 is 6.07. The first-order valence-electron chi connectivity index (χ1n) is 9.88. The lowest BCUT2D eigenvalue weighted by Crippen LogP contribution is -2.45. The molecule has 3 heterocycles. The van der Waals surface area contributed by atoms with E-state index in [0.717, 1.165) is 31.1 Å². The predicted molar refractivity (Wildman–Crippen MR) is 106 cm³/mol. The standard InChI is InChI=1S/C21H20ClFN4O2/c22-12-5-14-15(8-25-19(14)24-7-12)20-26-9-16(23)17(27-20)6-13-10-1-3-11(4-2-10)18(13)21(28)29/h5,7-11,13,18H,1-4,6H2,(H,24,25)(H,28,29)/t10?,11?,13-,18-/m0/s1. The zero-order chi connectivity index (χ0) is 20.1. The number of aromatic nitrogens is 4. The van der Waals surface area contributed by atoms with E-state index in [9.17, 15) is 14.3 Å². The van der Waals surface area contributed by atoms with Gasteiger partial charge in [-0.3, -0.25) is 4.79 Å². The van der Waals surface area contributed by atoms with Crippen LogP contribution in [0.15, 0.2) is 24.7 Å². The minimum absolute atomic E-state index is 0.0867. The zero-order valence-corrected chi connectivity index (χ0v) is 16.4. The smallest absolute Gasteiger partial charge is 0.307 e. The van der Waals surface area contributed by atoms with Crippen molar-refractivity contribution in [2.45, 2.75) is 32.1 Å². The minimum atomic E-state index is -0.767. The van der Waals surface area contributed by atoms with Crippen LogP contribution in [0.5, 0.6) is 0 Å². The second-order valence-electron chi connectivity index (χ2n) is 8.15. The van der Waals surface area contributed by atoms with Crippen LogP contribution in [0.2, 0.25) is 5.02 Å². The van der Waals surface area contributed by atoms with E-state index in [1.165, 1.54) is 6.20 Å². The van der Waals surface area contributed by atoms with Crippen molar-refractivity contribution in [3.8, 4) is 11.4 Å². The van der Waals surface area contributed by atoms with Gasteiger partial charge in [0, 0.05) is 23.3 Å². The van der Waals surface area contributed by atoms with E-state index in [0.29, 0.717) is 34.4 Å². The highest BCUT2D eigenvalue weighted by Gasteiger charge is 2.47. The molecule has 6 rings (SSSR count). The highest BCUT2D eigenvalue weighted by molar-refractivity contribution is 6.31. The first kappa shape index (κ1) is 18.5. The van der Waals surface area contributed by atoms with Crippen LogP contribution in [0.3, 0.4) is 0 Å². The van der Waals surface area contributed by atoms with Gasteiger partial charge in [0.2, 0.25) is 0 Å². The topological polar surface area (TPSA) is 91.8 Å². The summed E-state index contributed by atoms with van der Waals surface area (Å²) < 4.78 is 14.6. The molecule has 2 atom stereocenters. The average Bonchev–Trinajstić information content (AvgIpc) is 3.13. The number of carbonyl (C=O) groups is 1. The second-order valence-corrected chi connectivity index (χ2v) is 8.58. The summed E-state index contributed by atoms with van der Waals surface area (Å²) in [5.41, 5.74) is 1.62. The van der Waals surface area contributed by atoms with Gasteiger partial charge < -0.3 is 10.1 Å². The Hall–Kier alpha value is -2.54. The summed E-state index contributed by atoms with van der Waals surface area (Å²) in [6.45, 7) is 0. The molecule has 0 spiro atoms. The van der Waals surface area contributed by atoms with Crippen molar-refractivity contribution in [2.24, 2.45) is 23.7 Å². The van der Waals surface area contributed by atoms with Crippen molar-refractivity contribution in [1.82, 2.24) is 19.9 Å². The van der Waals surface area contributed by atoms with E-state index in [1.807, 2.05) is 0 Å². The molecular formula is C21H20ClFN4O2. The van der Waals surface area contributed by atoms with Gasteiger partial charge in [0.1, 0.15) is 5.65 Å². The number of H-pyrrole nitrogens is 1. The maximum atomic E-state index is 14.6. The van der Waals surface area contributed by atoms with Crippen LogP contribution in [0, 0.1) is 29.5 Å². The monoisotopic (exact) mass is 414 g/mol. The van der Waals surface area contributed by atoms with E-state index < -0.39 is 17.7 Å². The number of carboxylic acid groups (broad SMARTS) is 1. The molecule has 3 saturated carbocycles. The van der Waals surface area contributed by atoms with Crippen molar-refractivity contribution in [3.05, 3.63) is 41.2 Å². The van der Waals surface area contributed by atoms with Crippen LogP contribution in [0.25, 0.3) is 22.4 Å². The van der Waals surface area contributed by atoms with E-state index in [2.05, 4.69) is 19.9 Å². The molecular weight excluding hydrogens is 395 g/mol. The Bertz CT molecular complexity index is 1090. The molecule has 3 fully saturated rings. The van der Waals surface area contributed by atoms with Crippen molar-refractivity contribution < 1.29 is 14.3 Å². The van der Waals surface area contributed by atoms with Crippen molar-refractivity contribution in [3.63, 3.8) is 0 Å². The maximum absolute atomic E-state index is 14.6. The van der Waals surface area contributed by atoms with Crippen LogP contribution >= 0.6 is 11.6 Å². The first-order valence-corrected chi connectivity index (χ1v) is 10.3. The maximum Gasteiger partial charge on any atom is 0.307 e. The van der Waals surface area contributed by atoms with Crippen LogP contribution in [0.1, 0.15) is 31.4 Å². The number of nitrogens with zero attached hydrogens (tertiary/aromatic N) is 3. The van der Waals surface area contributed by atoms with Gasteiger partial charge in [0.15, 0.2) is 11.6 Å². The van der Waals surface area contributed by atoms with Gasteiger partial charge in [0.05, 0.1) is 22.8 Å². The highest BCUT2D eigenvalue weighted by atomic mass is 35.5. The highest BCUT2D eigenvalue weighted by Crippen LogP contribution is 2.50. The molecule has 8 heteroatoms. The zero-order valence-electron chi connectivity index (χ0n) is 15.6. The molecule has 3 aromatic heterocycles.